The normalized spacial score (nSPS) is 16.0. The van der Waals surface area contributed by atoms with Gasteiger partial charge in [-0.05, 0) is 24.5 Å². The smallest absolute Gasteiger partial charge is 0.222 e. The van der Waals surface area contributed by atoms with Gasteiger partial charge in [-0.2, -0.15) is 4.31 Å². The van der Waals surface area contributed by atoms with Gasteiger partial charge < -0.3 is 14.2 Å². The fourth-order valence-electron chi connectivity index (χ4n) is 3.75. The largest absolute Gasteiger partial charge is 0.383 e. The highest BCUT2D eigenvalue weighted by Gasteiger charge is 2.25. The van der Waals surface area contributed by atoms with Crippen molar-refractivity contribution in [1.82, 2.24) is 13.8 Å². The Morgan fingerprint density at radius 1 is 1.14 bits per heavy atom. The number of aryl methyl sites for hydroxylation is 1. The van der Waals surface area contributed by atoms with E-state index in [1.165, 1.54) is 27.0 Å². The third-order valence-corrected chi connectivity index (χ3v) is 6.61. The van der Waals surface area contributed by atoms with E-state index in [0.717, 1.165) is 19.4 Å². The number of amides is 1. The summed E-state index contributed by atoms with van der Waals surface area (Å²) in [5.41, 5.74) is 2.44. The van der Waals surface area contributed by atoms with Crippen LogP contribution in [0.25, 0.3) is 10.9 Å². The summed E-state index contributed by atoms with van der Waals surface area (Å²) in [6.45, 7) is 3.19. The summed E-state index contributed by atoms with van der Waals surface area (Å²) >= 11 is 0. The molecular weight excluding hydrogens is 378 g/mol. The highest BCUT2D eigenvalue weighted by Crippen LogP contribution is 2.23. The Hall–Kier alpha value is -1.90. The number of nitrogens with zero attached hydrogens (tertiary/aromatic N) is 3. The SMILES string of the molecule is COCCn1cc(CCCC(=O)N2CCN(S(C)(=O)=O)CC2)c2ccccc21. The number of carbonyl (C=O) groups excluding carboxylic acids is 1. The van der Waals surface area contributed by atoms with Crippen LogP contribution in [0.3, 0.4) is 0 Å². The number of benzene rings is 1. The molecule has 0 radical (unpaired) electrons. The molecule has 1 saturated heterocycles. The first-order valence-electron chi connectivity index (χ1n) is 9.68. The number of hydrogen-bond acceptors (Lipinski definition) is 4. The first-order valence-corrected chi connectivity index (χ1v) is 11.5. The van der Waals surface area contributed by atoms with Gasteiger partial charge in [0, 0.05) is 63.4 Å². The number of sulfonamides is 1. The van der Waals surface area contributed by atoms with E-state index in [-0.39, 0.29) is 5.91 Å². The monoisotopic (exact) mass is 407 g/mol. The average molecular weight is 408 g/mol. The maximum Gasteiger partial charge on any atom is 0.222 e. The van der Waals surface area contributed by atoms with Crippen LogP contribution in [0, 0.1) is 0 Å². The molecular formula is C20H29N3O4S. The lowest BCUT2D eigenvalue weighted by molar-refractivity contribution is -0.132. The molecule has 28 heavy (non-hydrogen) atoms. The molecule has 2 heterocycles. The molecule has 3 rings (SSSR count). The zero-order chi connectivity index (χ0) is 20.1. The Balaban J connectivity index is 1.54. The van der Waals surface area contributed by atoms with E-state index in [2.05, 4.69) is 22.9 Å². The number of rotatable bonds is 8. The second-order valence-corrected chi connectivity index (χ2v) is 9.24. The van der Waals surface area contributed by atoms with Gasteiger partial charge in [-0.1, -0.05) is 18.2 Å². The van der Waals surface area contributed by atoms with Crippen LogP contribution in [0.2, 0.25) is 0 Å². The summed E-state index contributed by atoms with van der Waals surface area (Å²) < 4.78 is 32.0. The van der Waals surface area contributed by atoms with E-state index in [4.69, 9.17) is 4.74 Å². The van der Waals surface area contributed by atoms with Gasteiger partial charge in [-0.3, -0.25) is 4.79 Å². The van der Waals surface area contributed by atoms with E-state index in [1.807, 2.05) is 12.1 Å². The standard InChI is InChI=1S/C20H29N3O4S/c1-27-15-14-22-16-17(18-7-3-4-8-19(18)22)6-5-9-20(24)21-10-12-23(13-11-21)28(2,25)26/h3-4,7-8,16H,5-6,9-15H2,1-2H3. The molecule has 0 bridgehead atoms. The van der Waals surface area contributed by atoms with E-state index in [1.54, 1.807) is 12.0 Å². The molecule has 1 aromatic heterocycles. The number of methoxy groups -OCH3 is 1. The molecule has 0 unspecified atom stereocenters. The van der Waals surface area contributed by atoms with Crippen LogP contribution >= 0.6 is 0 Å². The van der Waals surface area contributed by atoms with Gasteiger partial charge in [0.1, 0.15) is 0 Å². The summed E-state index contributed by atoms with van der Waals surface area (Å²) in [5.74, 6) is 0.108. The highest BCUT2D eigenvalue weighted by atomic mass is 32.2. The Labute approximate surface area is 166 Å². The van der Waals surface area contributed by atoms with Gasteiger partial charge in [0.2, 0.25) is 15.9 Å². The quantitative estimate of drug-likeness (QED) is 0.668. The molecule has 0 N–H and O–H groups in total. The van der Waals surface area contributed by atoms with Gasteiger partial charge in [0.05, 0.1) is 12.9 Å². The molecule has 154 valence electrons. The number of ether oxygens (including phenoxy) is 1. The molecule has 0 spiro atoms. The Morgan fingerprint density at radius 2 is 1.86 bits per heavy atom. The van der Waals surface area contributed by atoms with Crippen molar-refractivity contribution in [3.8, 4) is 0 Å². The molecule has 0 aliphatic carbocycles. The molecule has 1 fully saturated rings. The van der Waals surface area contributed by atoms with Crippen molar-refractivity contribution in [2.24, 2.45) is 0 Å². The van der Waals surface area contributed by atoms with Crippen LogP contribution in [0.5, 0.6) is 0 Å². The molecule has 0 atom stereocenters. The number of para-hydroxylation sites is 1. The average Bonchev–Trinajstić information content (AvgIpc) is 3.03. The van der Waals surface area contributed by atoms with Crippen LogP contribution in [-0.4, -0.2) is 74.2 Å². The molecule has 8 heteroatoms. The molecule has 2 aromatic rings. The highest BCUT2D eigenvalue weighted by molar-refractivity contribution is 7.88. The second-order valence-electron chi connectivity index (χ2n) is 7.25. The number of aromatic nitrogens is 1. The van der Waals surface area contributed by atoms with Gasteiger partial charge in [0.15, 0.2) is 0 Å². The number of carbonyl (C=O) groups is 1. The van der Waals surface area contributed by atoms with Crippen LogP contribution in [-0.2, 0) is 32.5 Å². The first kappa shape index (κ1) is 20.8. The fraction of sp³-hybridized carbons (Fsp3) is 0.550. The molecule has 1 aromatic carbocycles. The second kappa shape index (κ2) is 9.07. The van der Waals surface area contributed by atoms with Crippen LogP contribution < -0.4 is 0 Å². The van der Waals surface area contributed by atoms with Crippen molar-refractivity contribution in [1.29, 1.82) is 0 Å². The summed E-state index contributed by atoms with van der Waals surface area (Å²) in [4.78, 5) is 14.3. The van der Waals surface area contributed by atoms with Gasteiger partial charge in [-0.25, -0.2) is 8.42 Å². The third-order valence-electron chi connectivity index (χ3n) is 5.30. The molecule has 0 saturated carbocycles. The molecule has 1 aliphatic heterocycles. The summed E-state index contributed by atoms with van der Waals surface area (Å²) in [7, 11) is -1.47. The van der Waals surface area contributed by atoms with Gasteiger partial charge in [0.25, 0.3) is 0 Å². The lowest BCUT2D eigenvalue weighted by Crippen LogP contribution is -2.50. The Morgan fingerprint density at radius 3 is 2.54 bits per heavy atom. The minimum Gasteiger partial charge on any atom is -0.383 e. The van der Waals surface area contributed by atoms with Gasteiger partial charge in [-0.15, -0.1) is 0 Å². The van der Waals surface area contributed by atoms with Crippen molar-refractivity contribution in [2.75, 3.05) is 46.2 Å². The predicted molar refractivity (Wildman–Crippen MR) is 110 cm³/mol. The summed E-state index contributed by atoms with van der Waals surface area (Å²) in [6, 6.07) is 8.31. The predicted octanol–water partition coefficient (Wildman–Crippen LogP) is 1.71. The molecule has 1 amide bonds. The minimum atomic E-state index is -3.17. The minimum absolute atomic E-state index is 0.108. The van der Waals surface area contributed by atoms with Crippen molar-refractivity contribution >= 4 is 26.8 Å². The molecule has 7 nitrogen and oxygen atoms in total. The van der Waals surface area contributed by atoms with Crippen molar-refractivity contribution < 1.29 is 17.9 Å². The van der Waals surface area contributed by atoms with E-state index in [0.29, 0.717) is 39.2 Å². The lowest BCUT2D eigenvalue weighted by atomic mass is 10.1. The topological polar surface area (TPSA) is 71.8 Å². The summed E-state index contributed by atoms with van der Waals surface area (Å²) in [5, 5.41) is 1.23. The van der Waals surface area contributed by atoms with E-state index in [9.17, 15) is 13.2 Å². The molecule has 1 aliphatic rings. The maximum absolute atomic E-state index is 12.5. The van der Waals surface area contributed by atoms with Crippen molar-refractivity contribution in [2.45, 2.75) is 25.8 Å². The Bertz CT molecular complexity index is 915. The number of piperazine rings is 1. The fourth-order valence-corrected chi connectivity index (χ4v) is 4.58. The number of fused-ring (bicyclic) bond motifs is 1. The van der Waals surface area contributed by atoms with Crippen molar-refractivity contribution in [3.63, 3.8) is 0 Å². The number of hydrogen-bond donors (Lipinski definition) is 0. The zero-order valence-electron chi connectivity index (χ0n) is 16.6. The first-order chi connectivity index (χ1) is 13.4. The Kier molecular flexibility index (Phi) is 6.74. The zero-order valence-corrected chi connectivity index (χ0v) is 17.5. The summed E-state index contributed by atoms with van der Waals surface area (Å²) in [6.07, 6.45) is 5.49. The van der Waals surface area contributed by atoms with Crippen LogP contribution in [0.4, 0.5) is 0 Å². The maximum atomic E-state index is 12.5. The van der Waals surface area contributed by atoms with E-state index >= 15 is 0 Å². The van der Waals surface area contributed by atoms with E-state index < -0.39 is 10.0 Å². The van der Waals surface area contributed by atoms with Gasteiger partial charge >= 0.3 is 0 Å². The van der Waals surface area contributed by atoms with Crippen LogP contribution in [0.1, 0.15) is 18.4 Å². The third kappa shape index (κ3) is 4.92. The van der Waals surface area contributed by atoms with Crippen LogP contribution in [0.15, 0.2) is 30.5 Å². The van der Waals surface area contributed by atoms with Crippen molar-refractivity contribution in [3.05, 3.63) is 36.0 Å². The lowest BCUT2D eigenvalue weighted by Gasteiger charge is -2.33.